The predicted octanol–water partition coefficient (Wildman–Crippen LogP) is 4.31. The van der Waals surface area contributed by atoms with Gasteiger partial charge in [0.25, 0.3) is 0 Å². The molecule has 0 fully saturated rings. The Morgan fingerprint density at radius 1 is 1.16 bits per heavy atom. The number of nitrogens with zero attached hydrogens (tertiary/aromatic N) is 1. The fourth-order valence-electron chi connectivity index (χ4n) is 2.76. The third-order valence-electron chi connectivity index (χ3n) is 4.41. The first-order chi connectivity index (χ1) is 14.7. The summed E-state index contributed by atoms with van der Waals surface area (Å²) < 4.78 is 42.8. The van der Waals surface area contributed by atoms with Crippen LogP contribution in [0.25, 0.3) is 6.08 Å². The molecule has 1 unspecified atom stereocenters. The van der Waals surface area contributed by atoms with E-state index in [1.807, 2.05) is 0 Å². The molecule has 1 N–H and O–H groups in total. The molecule has 6 nitrogen and oxygen atoms in total. The van der Waals surface area contributed by atoms with Gasteiger partial charge in [0.2, 0.25) is 5.91 Å². The monoisotopic (exact) mass is 440 g/mol. The number of carbonyl (C=O) groups is 1. The molecule has 1 atom stereocenters. The van der Waals surface area contributed by atoms with Crippen molar-refractivity contribution >= 4 is 21.8 Å². The van der Waals surface area contributed by atoms with E-state index in [0.29, 0.717) is 11.3 Å². The van der Waals surface area contributed by atoms with Crippen LogP contribution in [0.4, 0.5) is 4.39 Å². The molecule has 1 heterocycles. The second kappa shape index (κ2) is 9.53. The molecule has 0 bridgehead atoms. The molecule has 0 aliphatic carbocycles. The maximum atomic E-state index is 14.3. The summed E-state index contributed by atoms with van der Waals surface area (Å²) in [5.41, 5.74) is 1.26. The SMILES string of the molecule is CC(NC(=O)/C=C/c1ccc(Oc2cccnc2)c(F)c1)c1ccc(S(C)(=O)=O)cc1. The molecule has 3 rings (SSSR count). The summed E-state index contributed by atoms with van der Waals surface area (Å²) in [7, 11) is -3.27. The molecule has 1 aromatic heterocycles. The number of sulfone groups is 1. The Morgan fingerprint density at radius 3 is 2.52 bits per heavy atom. The van der Waals surface area contributed by atoms with Crippen molar-refractivity contribution in [3.8, 4) is 11.5 Å². The van der Waals surface area contributed by atoms with Gasteiger partial charge in [0.05, 0.1) is 17.1 Å². The minimum atomic E-state index is -3.27. The number of pyridine rings is 1. The smallest absolute Gasteiger partial charge is 0.244 e. The summed E-state index contributed by atoms with van der Waals surface area (Å²) in [5.74, 6) is -0.454. The quantitative estimate of drug-likeness (QED) is 0.554. The van der Waals surface area contributed by atoms with Crippen LogP contribution in [-0.2, 0) is 14.6 Å². The van der Waals surface area contributed by atoms with Crippen LogP contribution in [0.5, 0.6) is 11.5 Å². The first-order valence-corrected chi connectivity index (χ1v) is 11.3. The minimum absolute atomic E-state index is 0.0563. The first kappa shape index (κ1) is 22.2. The van der Waals surface area contributed by atoms with Crippen LogP contribution >= 0.6 is 0 Å². The highest BCUT2D eigenvalue weighted by molar-refractivity contribution is 7.90. The topological polar surface area (TPSA) is 85.4 Å². The molecule has 8 heteroatoms. The number of hydrogen-bond acceptors (Lipinski definition) is 5. The molecule has 3 aromatic rings. The number of rotatable bonds is 7. The molecule has 0 aliphatic heterocycles. The zero-order chi connectivity index (χ0) is 22.4. The number of benzene rings is 2. The van der Waals surface area contributed by atoms with E-state index in [1.54, 1.807) is 43.5 Å². The fourth-order valence-corrected chi connectivity index (χ4v) is 3.39. The van der Waals surface area contributed by atoms with Crippen LogP contribution < -0.4 is 10.1 Å². The molecule has 1 amide bonds. The maximum Gasteiger partial charge on any atom is 0.244 e. The highest BCUT2D eigenvalue weighted by Crippen LogP contribution is 2.25. The number of aromatic nitrogens is 1. The van der Waals surface area contributed by atoms with E-state index in [9.17, 15) is 17.6 Å². The van der Waals surface area contributed by atoms with Crippen LogP contribution in [-0.4, -0.2) is 25.6 Å². The standard InChI is InChI=1S/C23H21FN2O4S/c1-16(18-7-9-20(10-8-18)31(2,28)29)26-23(27)12-6-17-5-11-22(21(24)14-17)30-19-4-3-13-25-15-19/h3-16H,1-2H3,(H,26,27)/b12-6+. The van der Waals surface area contributed by atoms with Crippen LogP contribution in [0, 0.1) is 5.82 Å². The molecule has 0 aliphatic rings. The van der Waals surface area contributed by atoms with Crippen LogP contribution in [0.15, 0.2) is 78.0 Å². The van der Waals surface area contributed by atoms with E-state index in [0.717, 1.165) is 11.8 Å². The van der Waals surface area contributed by atoms with Crippen molar-refractivity contribution in [2.24, 2.45) is 0 Å². The second-order valence-corrected chi connectivity index (χ2v) is 8.90. The fraction of sp³-hybridized carbons (Fsp3) is 0.130. The summed E-state index contributed by atoms with van der Waals surface area (Å²) in [6.45, 7) is 1.78. The highest BCUT2D eigenvalue weighted by atomic mass is 32.2. The zero-order valence-corrected chi connectivity index (χ0v) is 17.8. The van der Waals surface area contributed by atoms with Gasteiger partial charge in [0.15, 0.2) is 21.4 Å². The normalized spacial score (nSPS) is 12.5. The van der Waals surface area contributed by atoms with Crippen LogP contribution in [0.1, 0.15) is 24.1 Å². The van der Waals surface area contributed by atoms with Crippen molar-refractivity contribution in [1.82, 2.24) is 10.3 Å². The van der Waals surface area contributed by atoms with Gasteiger partial charge in [-0.05, 0) is 60.5 Å². The largest absolute Gasteiger partial charge is 0.453 e. The molecule has 2 aromatic carbocycles. The second-order valence-electron chi connectivity index (χ2n) is 6.89. The van der Waals surface area contributed by atoms with E-state index in [-0.39, 0.29) is 22.6 Å². The van der Waals surface area contributed by atoms with Gasteiger partial charge in [-0.3, -0.25) is 9.78 Å². The van der Waals surface area contributed by atoms with Crippen molar-refractivity contribution in [1.29, 1.82) is 0 Å². The number of ether oxygens (including phenoxy) is 1. The van der Waals surface area contributed by atoms with E-state index in [4.69, 9.17) is 4.74 Å². The van der Waals surface area contributed by atoms with Crippen LogP contribution in [0.2, 0.25) is 0 Å². The van der Waals surface area contributed by atoms with Crippen molar-refractivity contribution in [3.05, 3.63) is 90.0 Å². The average molecular weight is 440 g/mol. The Hall–Kier alpha value is -3.52. The molecule has 31 heavy (non-hydrogen) atoms. The maximum absolute atomic E-state index is 14.3. The lowest BCUT2D eigenvalue weighted by molar-refractivity contribution is -0.117. The van der Waals surface area contributed by atoms with Gasteiger partial charge in [0.1, 0.15) is 5.75 Å². The third kappa shape index (κ3) is 6.23. The molecular weight excluding hydrogens is 419 g/mol. The van der Waals surface area contributed by atoms with Gasteiger partial charge >= 0.3 is 0 Å². The Kier molecular flexibility index (Phi) is 6.81. The predicted molar refractivity (Wildman–Crippen MR) is 116 cm³/mol. The van der Waals surface area contributed by atoms with E-state index in [1.165, 1.54) is 42.6 Å². The van der Waals surface area contributed by atoms with Gasteiger partial charge < -0.3 is 10.1 Å². The number of halogens is 1. The number of carbonyl (C=O) groups excluding carboxylic acids is 1. The van der Waals surface area contributed by atoms with E-state index >= 15 is 0 Å². The minimum Gasteiger partial charge on any atom is -0.453 e. The van der Waals surface area contributed by atoms with Gasteiger partial charge in [-0.25, -0.2) is 12.8 Å². The Morgan fingerprint density at radius 2 is 1.90 bits per heavy atom. The van der Waals surface area contributed by atoms with Crippen molar-refractivity contribution in [2.45, 2.75) is 17.9 Å². The number of amides is 1. The number of nitrogens with one attached hydrogen (secondary N) is 1. The van der Waals surface area contributed by atoms with Crippen molar-refractivity contribution in [3.63, 3.8) is 0 Å². The van der Waals surface area contributed by atoms with Crippen LogP contribution in [0.3, 0.4) is 0 Å². The summed E-state index contributed by atoms with van der Waals surface area (Å²) in [6, 6.07) is 13.7. The Bertz CT molecular complexity index is 1190. The summed E-state index contributed by atoms with van der Waals surface area (Å²) in [4.78, 5) is 16.3. The molecular formula is C23H21FN2O4S. The van der Waals surface area contributed by atoms with Gasteiger partial charge in [-0.1, -0.05) is 18.2 Å². The van der Waals surface area contributed by atoms with Gasteiger partial charge in [-0.15, -0.1) is 0 Å². The highest BCUT2D eigenvalue weighted by Gasteiger charge is 2.11. The Balaban J connectivity index is 1.61. The molecule has 0 spiro atoms. The molecule has 0 saturated heterocycles. The van der Waals surface area contributed by atoms with Gasteiger partial charge in [-0.2, -0.15) is 0 Å². The Labute approximate surface area is 180 Å². The molecule has 0 radical (unpaired) electrons. The average Bonchev–Trinajstić information content (AvgIpc) is 2.74. The lowest BCUT2D eigenvalue weighted by Crippen LogP contribution is -2.24. The summed E-state index contributed by atoms with van der Waals surface area (Å²) >= 11 is 0. The summed E-state index contributed by atoms with van der Waals surface area (Å²) in [5, 5.41) is 2.78. The zero-order valence-electron chi connectivity index (χ0n) is 16.9. The van der Waals surface area contributed by atoms with E-state index < -0.39 is 15.7 Å². The third-order valence-corrected chi connectivity index (χ3v) is 5.54. The van der Waals surface area contributed by atoms with Crippen molar-refractivity contribution in [2.75, 3.05) is 6.26 Å². The first-order valence-electron chi connectivity index (χ1n) is 9.38. The lowest BCUT2D eigenvalue weighted by atomic mass is 10.1. The lowest BCUT2D eigenvalue weighted by Gasteiger charge is -2.13. The van der Waals surface area contributed by atoms with Crippen molar-refractivity contribution < 1.29 is 22.3 Å². The number of hydrogen-bond donors (Lipinski definition) is 1. The summed E-state index contributed by atoms with van der Waals surface area (Å²) in [6.07, 6.45) is 7.00. The molecule has 0 saturated carbocycles. The van der Waals surface area contributed by atoms with Gasteiger partial charge in [0, 0.05) is 18.5 Å². The molecule has 160 valence electrons. The van der Waals surface area contributed by atoms with E-state index in [2.05, 4.69) is 10.3 Å².